The standard InChI is InChI=1S/C19H16F5N3O4/c1-30-15-9(2-3-11(20)14(15)21)10-7-13(19(22,23)24)31-16(10)18(29)27-8-4-5-26-12(6-8)17(25)28/h2-6,10,13,16H,7H2,1H3,(H2,25,28)(H,26,27,29)/t10-,13-,16-/m1/s1. The summed E-state index contributed by atoms with van der Waals surface area (Å²) in [5.41, 5.74) is 4.81. The van der Waals surface area contributed by atoms with Crippen molar-refractivity contribution in [3.05, 3.63) is 53.4 Å². The van der Waals surface area contributed by atoms with Gasteiger partial charge in [0, 0.05) is 23.4 Å². The van der Waals surface area contributed by atoms with Crippen LogP contribution in [0.5, 0.6) is 5.75 Å². The zero-order valence-corrected chi connectivity index (χ0v) is 15.9. The van der Waals surface area contributed by atoms with E-state index >= 15 is 0 Å². The van der Waals surface area contributed by atoms with Crippen LogP contribution in [0, 0.1) is 11.6 Å². The van der Waals surface area contributed by atoms with Gasteiger partial charge in [0.1, 0.15) is 11.8 Å². The second kappa shape index (κ2) is 8.46. The molecule has 1 aromatic carbocycles. The van der Waals surface area contributed by atoms with Crippen molar-refractivity contribution in [1.82, 2.24) is 4.98 Å². The number of carbonyl (C=O) groups is 2. The summed E-state index contributed by atoms with van der Waals surface area (Å²) in [7, 11) is 1.02. The molecule has 1 aliphatic heterocycles. The van der Waals surface area contributed by atoms with Crippen molar-refractivity contribution in [2.45, 2.75) is 30.7 Å². The largest absolute Gasteiger partial charge is 0.493 e. The molecule has 3 N–H and O–H groups in total. The van der Waals surface area contributed by atoms with Crippen LogP contribution in [0.15, 0.2) is 30.5 Å². The zero-order valence-electron chi connectivity index (χ0n) is 15.9. The molecule has 1 saturated heterocycles. The summed E-state index contributed by atoms with van der Waals surface area (Å²) in [5.74, 6) is -6.44. The number of aromatic nitrogens is 1. The molecule has 0 spiro atoms. The summed E-state index contributed by atoms with van der Waals surface area (Å²) < 4.78 is 77.4. The van der Waals surface area contributed by atoms with E-state index in [0.29, 0.717) is 0 Å². The Morgan fingerprint density at radius 1 is 1.26 bits per heavy atom. The number of hydrogen-bond donors (Lipinski definition) is 2. The average Bonchev–Trinajstić information content (AvgIpc) is 3.16. The van der Waals surface area contributed by atoms with Gasteiger partial charge in [0.25, 0.3) is 11.8 Å². The van der Waals surface area contributed by atoms with E-state index in [1.165, 1.54) is 12.3 Å². The number of benzene rings is 1. The fourth-order valence-corrected chi connectivity index (χ4v) is 3.33. The molecule has 2 heterocycles. The van der Waals surface area contributed by atoms with E-state index in [-0.39, 0.29) is 16.9 Å². The van der Waals surface area contributed by atoms with Crippen LogP contribution in [0.1, 0.15) is 28.4 Å². The van der Waals surface area contributed by atoms with Crippen LogP contribution in [0.2, 0.25) is 0 Å². The lowest BCUT2D eigenvalue weighted by Crippen LogP contribution is -2.34. The summed E-state index contributed by atoms with van der Waals surface area (Å²) in [6.45, 7) is 0. The lowest BCUT2D eigenvalue weighted by Gasteiger charge is -2.21. The number of carbonyl (C=O) groups excluding carboxylic acids is 2. The van der Waals surface area contributed by atoms with Crippen molar-refractivity contribution in [3.8, 4) is 5.75 Å². The number of halogens is 5. The Labute approximate surface area is 172 Å². The van der Waals surface area contributed by atoms with E-state index in [0.717, 1.165) is 25.3 Å². The third-order valence-electron chi connectivity index (χ3n) is 4.73. The molecule has 2 amide bonds. The van der Waals surface area contributed by atoms with E-state index in [2.05, 4.69) is 10.3 Å². The number of pyridine rings is 1. The van der Waals surface area contributed by atoms with Crippen molar-refractivity contribution in [2.24, 2.45) is 5.73 Å². The molecule has 2 aromatic rings. The third-order valence-corrected chi connectivity index (χ3v) is 4.73. The molecule has 1 aromatic heterocycles. The van der Waals surface area contributed by atoms with Crippen molar-refractivity contribution >= 4 is 17.5 Å². The summed E-state index contributed by atoms with van der Waals surface area (Å²) in [6.07, 6.45) is -8.37. The molecule has 1 fully saturated rings. The maximum atomic E-state index is 14.1. The quantitative estimate of drug-likeness (QED) is 0.689. The second-order valence-corrected chi connectivity index (χ2v) is 6.70. The van der Waals surface area contributed by atoms with Crippen LogP contribution in [0.25, 0.3) is 0 Å². The van der Waals surface area contributed by atoms with Gasteiger partial charge >= 0.3 is 6.18 Å². The Bertz CT molecular complexity index is 1010. The number of nitrogens with one attached hydrogen (secondary N) is 1. The molecule has 3 rings (SSSR count). The molecular formula is C19H16F5N3O4. The number of amides is 2. The van der Waals surface area contributed by atoms with E-state index in [4.69, 9.17) is 15.2 Å². The van der Waals surface area contributed by atoms with Gasteiger partial charge in [0.2, 0.25) is 5.82 Å². The number of ether oxygens (including phenoxy) is 2. The SMILES string of the molecule is COc1c([C@H]2C[C@H](C(F)(F)F)O[C@H]2C(=O)Nc2ccnc(C(N)=O)c2)ccc(F)c1F. The fraction of sp³-hybridized carbons (Fsp3) is 0.316. The maximum absolute atomic E-state index is 14.1. The van der Waals surface area contributed by atoms with E-state index in [9.17, 15) is 31.5 Å². The number of rotatable bonds is 5. The highest BCUT2D eigenvalue weighted by Gasteiger charge is 2.52. The van der Waals surface area contributed by atoms with Crippen molar-refractivity contribution in [1.29, 1.82) is 0 Å². The van der Waals surface area contributed by atoms with Gasteiger partial charge in [0.15, 0.2) is 17.7 Å². The number of primary amides is 1. The number of alkyl halides is 3. The molecule has 166 valence electrons. The first-order valence-electron chi connectivity index (χ1n) is 8.83. The van der Waals surface area contributed by atoms with Crippen LogP contribution >= 0.6 is 0 Å². The lowest BCUT2D eigenvalue weighted by atomic mass is 9.89. The van der Waals surface area contributed by atoms with Crippen LogP contribution in [0.3, 0.4) is 0 Å². The van der Waals surface area contributed by atoms with Gasteiger partial charge in [0.05, 0.1) is 7.11 Å². The third kappa shape index (κ3) is 4.58. The Kier molecular flexibility index (Phi) is 6.11. The smallest absolute Gasteiger partial charge is 0.414 e. The Morgan fingerprint density at radius 2 is 1.97 bits per heavy atom. The molecule has 0 unspecified atom stereocenters. The van der Waals surface area contributed by atoms with Crippen molar-refractivity contribution in [2.75, 3.05) is 12.4 Å². The van der Waals surface area contributed by atoms with Crippen molar-refractivity contribution in [3.63, 3.8) is 0 Å². The highest BCUT2D eigenvalue weighted by atomic mass is 19.4. The molecule has 0 bridgehead atoms. The molecule has 3 atom stereocenters. The van der Waals surface area contributed by atoms with E-state index in [1.54, 1.807) is 0 Å². The highest BCUT2D eigenvalue weighted by molar-refractivity contribution is 5.97. The second-order valence-electron chi connectivity index (χ2n) is 6.70. The molecule has 31 heavy (non-hydrogen) atoms. The predicted molar refractivity (Wildman–Crippen MR) is 96.4 cm³/mol. The molecule has 1 aliphatic rings. The minimum Gasteiger partial charge on any atom is -0.493 e. The summed E-state index contributed by atoms with van der Waals surface area (Å²) >= 11 is 0. The normalized spacial score (nSPS) is 21.0. The van der Waals surface area contributed by atoms with Gasteiger partial charge in [-0.2, -0.15) is 17.6 Å². The maximum Gasteiger partial charge on any atom is 0.414 e. The van der Waals surface area contributed by atoms with Crippen LogP contribution < -0.4 is 15.8 Å². The number of nitrogens with zero attached hydrogens (tertiary/aromatic N) is 1. The van der Waals surface area contributed by atoms with Gasteiger partial charge in [-0.25, -0.2) is 4.39 Å². The predicted octanol–water partition coefficient (Wildman–Crippen LogP) is 2.91. The number of methoxy groups -OCH3 is 1. The highest BCUT2D eigenvalue weighted by Crippen LogP contribution is 2.45. The summed E-state index contributed by atoms with van der Waals surface area (Å²) in [5, 5.41) is 2.33. The van der Waals surface area contributed by atoms with Crippen LogP contribution in [-0.2, 0) is 9.53 Å². The molecule has 0 aliphatic carbocycles. The minimum absolute atomic E-state index is 0.0314. The molecular weight excluding hydrogens is 429 g/mol. The summed E-state index contributed by atoms with van der Waals surface area (Å²) in [4.78, 5) is 27.7. The topological polar surface area (TPSA) is 104 Å². The van der Waals surface area contributed by atoms with Gasteiger partial charge < -0.3 is 20.5 Å². The van der Waals surface area contributed by atoms with E-state index < -0.39 is 59.9 Å². The molecule has 12 heteroatoms. The number of anilines is 1. The first-order chi connectivity index (χ1) is 14.5. The van der Waals surface area contributed by atoms with Gasteiger partial charge in [-0.15, -0.1) is 0 Å². The van der Waals surface area contributed by atoms with E-state index in [1.807, 2.05) is 0 Å². The Morgan fingerprint density at radius 3 is 2.58 bits per heavy atom. The Hall–Kier alpha value is -3.28. The fourth-order valence-electron chi connectivity index (χ4n) is 3.33. The number of hydrogen-bond acceptors (Lipinski definition) is 5. The molecule has 0 saturated carbocycles. The first kappa shape index (κ1) is 22.4. The average molecular weight is 445 g/mol. The minimum atomic E-state index is -4.80. The summed E-state index contributed by atoms with van der Waals surface area (Å²) in [6, 6.07) is 4.18. The first-order valence-corrected chi connectivity index (χ1v) is 8.83. The lowest BCUT2D eigenvalue weighted by molar-refractivity contribution is -0.213. The molecule has 0 radical (unpaired) electrons. The van der Waals surface area contributed by atoms with Gasteiger partial charge in [-0.3, -0.25) is 14.6 Å². The van der Waals surface area contributed by atoms with Crippen LogP contribution in [0.4, 0.5) is 27.6 Å². The zero-order chi connectivity index (χ0) is 22.9. The monoisotopic (exact) mass is 445 g/mol. The molecule has 7 nitrogen and oxygen atoms in total. The Balaban J connectivity index is 1.96. The van der Waals surface area contributed by atoms with Gasteiger partial charge in [-0.1, -0.05) is 6.07 Å². The number of nitrogens with two attached hydrogens (primary N) is 1. The van der Waals surface area contributed by atoms with Crippen LogP contribution in [-0.4, -0.2) is 42.3 Å². The van der Waals surface area contributed by atoms with Crippen molar-refractivity contribution < 1.29 is 41.0 Å². The van der Waals surface area contributed by atoms with Gasteiger partial charge in [-0.05, 0) is 24.6 Å².